The monoisotopic (exact) mass is 265 g/mol. The predicted octanol–water partition coefficient (Wildman–Crippen LogP) is 1.90. The summed E-state index contributed by atoms with van der Waals surface area (Å²) in [6.45, 7) is 7.52. The maximum Gasteiger partial charge on any atom is 0.260 e. The van der Waals surface area contributed by atoms with Crippen LogP contribution in [0.25, 0.3) is 0 Å². The number of nitrogens with one attached hydrogen (secondary N) is 1. The van der Waals surface area contributed by atoms with Crippen LogP contribution < -0.4 is 10.1 Å². The van der Waals surface area contributed by atoms with E-state index in [1.165, 1.54) is 0 Å². The fourth-order valence-electron chi connectivity index (χ4n) is 1.52. The molecule has 3 unspecified atom stereocenters. The molecule has 0 aliphatic heterocycles. The van der Waals surface area contributed by atoms with Gasteiger partial charge in [-0.05, 0) is 38.8 Å². The Morgan fingerprint density at radius 3 is 2.37 bits per heavy atom. The van der Waals surface area contributed by atoms with Gasteiger partial charge in [0.25, 0.3) is 5.91 Å². The molecule has 0 aromatic heterocycles. The summed E-state index contributed by atoms with van der Waals surface area (Å²) in [5, 5.41) is 11.9. The number of ether oxygens (including phenoxy) is 1. The van der Waals surface area contributed by atoms with E-state index in [4.69, 9.17) is 9.84 Å². The van der Waals surface area contributed by atoms with Crippen molar-refractivity contribution in [1.29, 1.82) is 0 Å². The normalized spacial score (nSPS) is 15.4. The highest BCUT2D eigenvalue weighted by Crippen LogP contribution is 2.13. The molecule has 106 valence electrons. The van der Waals surface area contributed by atoms with Crippen molar-refractivity contribution >= 4 is 5.91 Å². The third-order valence-corrected chi connectivity index (χ3v) is 3.21. The second-order valence-electron chi connectivity index (χ2n) is 5.03. The minimum atomic E-state index is -0.559. The van der Waals surface area contributed by atoms with E-state index in [-0.39, 0.29) is 24.5 Å². The highest BCUT2D eigenvalue weighted by atomic mass is 16.5. The Balaban J connectivity index is 2.51. The summed E-state index contributed by atoms with van der Waals surface area (Å²) >= 11 is 0. The molecule has 2 N–H and O–H groups in total. The second-order valence-corrected chi connectivity index (χ2v) is 5.03. The molecular weight excluding hydrogens is 242 g/mol. The molecule has 1 aromatic carbocycles. The maximum absolute atomic E-state index is 11.9. The first-order chi connectivity index (χ1) is 8.93. The van der Waals surface area contributed by atoms with Crippen molar-refractivity contribution < 1.29 is 14.6 Å². The van der Waals surface area contributed by atoms with E-state index in [2.05, 4.69) is 5.32 Å². The summed E-state index contributed by atoms with van der Waals surface area (Å²) in [5.74, 6) is 0.528. The number of aryl methyl sites for hydroxylation is 1. The molecule has 0 saturated heterocycles. The SMILES string of the molecule is Cc1ccc(OC(C)C(=O)NC(C)C(C)CO)cc1. The van der Waals surface area contributed by atoms with Crippen molar-refractivity contribution in [2.45, 2.75) is 39.8 Å². The van der Waals surface area contributed by atoms with E-state index in [1.54, 1.807) is 6.92 Å². The molecule has 0 radical (unpaired) electrons. The third-order valence-electron chi connectivity index (χ3n) is 3.21. The molecule has 0 heterocycles. The molecule has 0 bridgehead atoms. The molecule has 0 fully saturated rings. The molecule has 19 heavy (non-hydrogen) atoms. The van der Waals surface area contributed by atoms with E-state index in [1.807, 2.05) is 45.0 Å². The fourth-order valence-corrected chi connectivity index (χ4v) is 1.52. The van der Waals surface area contributed by atoms with Crippen LogP contribution in [0.5, 0.6) is 5.75 Å². The first-order valence-corrected chi connectivity index (χ1v) is 6.58. The number of aliphatic hydroxyl groups is 1. The first-order valence-electron chi connectivity index (χ1n) is 6.58. The minimum absolute atomic E-state index is 0.0236. The third kappa shape index (κ3) is 4.91. The average molecular weight is 265 g/mol. The lowest BCUT2D eigenvalue weighted by molar-refractivity contribution is -0.128. The zero-order chi connectivity index (χ0) is 14.4. The van der Waals surface area contributed by atoms with Gasteiger partial charge in [0.05, 0.1) is 0 Å². The number of amides is 1. The molecule has 4 heteroatoms. The van der Waals surface area contributed by atoms with Crippen LogP contribution in [0, 0.1) is 12.8 Å². The Morgan fingerprint density at radius 1 is 1.26 bits per heavy atom. The molecule has 4 nitrogen and oxygen atoms in total. The number of benzene rings is 1. The van der Waals surface area contributed by atoms with Crippen LogP contribution in [0.15, 0.2) is 24.3 Å². The number of rotatable bonds is 6. The van der Waals surface area contributed by atoms with Crippen molar-refractivity contribution in [3.05, 3.63) is 29.8 Å². The molecule has 0 aliphatic carbocycles. The van der Waals surface area contributed by atoms with Crippen LogP contribution in [0.3, 0.4) is 0 Å². The van der Waals surface area contributed by atoms with Crippen LogP contribution in [-0.2, 0) is 4.79 Å². The van der Waals surface area contributed by atoms with Crippen LogP contribution in [0.4, 0.5) is 0 Å². The van der Waals surface area contributed by atoms with Crippen molar-refractivity contribution in [3.63, 3.8) is 0 Å². The van der Waals surface area contributed by atoms with E-state index in [9.17, 15) is 4.79 Å². The van der Waals surface area contributed by atoms with Crippen LogP contribution >= 0.6 is 0 Å². The van der Waals surface area contributed by atoms with Gasteiger partial charge in [-0.2, -0.15) is 0 Å². The quantitative estimate of drug-likeness (QED) is 0.826. The summed E-state index contributed by atoms with van der Waals surface area (Å²) in [4.78, 5) is 11.9. The first kappa shape index (κ1) is 15.5. The minimum Gasteiger partial charge on any atom is -0.481 e. The lowest BCUT2D eigenvalue weighted by Gasteiger charge is -2.22. The van der Waals surface area contributed by atoms with Crippen molar-refractivity contribution in [3.8, 4) is 5.75 Å². The number of carbonyl (C=O) groups excluding carboxylic acids is 1. The molecule has 3 atom stereocenters. The average Bonchev–Trinajstić information content (AvgIpc) is 2.40. The molecule has 0 spiro atoms. The smallest absolute Gasteiger partial charge is 0.260 e. The summed E-state index contributed by atoms with van der Waals surface area (Å²) in [7, 11) is 0. The Bertz CT molecular complexity index is 402. The van der Waals surface area contributed by atoms with Gasteiger partial charge in [-0.15, -0.1) is 0 Å². The van der Waals surface area contributed by atoms with E-state index >= 15 is 0 Å². The molecule has 1 rings (SSSR count). The highest BCUT2D eigenvalue weighted by Gasteiger charge is 2.19. The number of carbonyl (C=O) groups is 1. The Hall–Kier alpha value is -1.55. The van der Waals surface area contributed by atoms with E-state index < -0.39 is 6.10 Å². The largest absolute Gasteiger partial charge is 0.481 e. The molecule has 0 saturated carbocycles. The van der Waals surface area contributed by atoms with Crippen molar-refractivity contribution in [2.75, 3.05) is 6.61 Å². The summed E-state index contributed by atoms with van der Waals surface area (Å²) in [6.07, 6.45) is -0.559. The van der Waals surface area contributed by atoms with Crippen molar-refractivity contribution in [1.82, 2.24) is 5.32 Å². The molecule has 1 amide bonds. The van der Waals surface area contributed by atoms with Gasteiger partial charge in [0.15, 0.2) is 6.10 Å². The topological polar surface area (TPSA) is 58.6 Å². The zero-order valence-electron chi connectivity index (χ0n) is 12.0. The lowest BCUT2D eigenvalue weighted by atomic mass is 10.1. The van der Waals surface area contributed by atoms with Gasteiger partial charge in [0, 0.05) is 12.6 Å². The maximum atomic E-state index is 11.9. The Morgan fingerprint density at radius 2 is 1.84 bits per heavy atom. The van der Waals surface area contributed by atoms with Gasteiger partial charge in [0.1, 0.15) is 5.75 Å². The highest BCUT2D eigenvalue weighted by molar-refractivity contribution is 5.81. The van der Waals surface area contributed by atoms with Gasteiger partial charge >= 0.3 is 0 Å². The molecular formula is C15H23NO3. The summed E-state index contributed by atoms with van der Waals surface area (Å²) in [5.41, 5.74) is 1.15. The predicted molar refractivity (Wildman–Crippen MR) is 75.1 cm³/mol. The molecule has 0 aliphatic rings. The van der Waals surface area contributed by atoms with Crippen LogP contribution in [0.1, 0.15) is 26.3 Å². The van der Waals surface area contributed by atoms with Gasteiger partial charge in [-0.1, -0.05) is 24.6 Å². The Kier molecular flexibility index (Phi) is 5.83. The van der Waals surface area contributed by atoms with Gasteiger partial charge in [-0.25, -0.2) is 0 Å². The van der Waals surface area contributed by atoms with Crippen LogP contribution in [0.2, 0.25) is 0 Å². The van der Waals surface area contributed by atoms with Gasteiger partial charge < -0.3 is 15.2 Å². The lowest BCUT2D eigenvalue weighted by Crippen LogP contribution is -2.44. The van der Waals surface area contributed by atoms with Crippen LogP contribution in [-0.4, -0.2) is 29.8 Å². The fraction of sp³-hybridized carbons (Fsp3) is 0.533. The van der Waals surface area contributed by atoms with Crippen molar-refractivity contribution in [2.24, 2.45) is 5.92 Å². The van der Waals surface area contributed by atoms with E-state index in [0.717, 1.165) is 5.56 Å². The number of hydrogen-bond donors (Lipinski definition) is 2. The second kappa shape index (κ2) is 7.14. The summed E-state index contributed by atoms with van der Waals surface area (Å²) < 4.78 is 5.57. The zero-order valence-corrected chi connectivity index (χ0v) is 12.0. The molecule has 1 aromatic rings. The van der Waals surface area contributed by atoms with Gasteiger partial charge in [0.2, 0.25) is 0 Å². The number of hydrogen-bond acceptors (Lipinski definition) is 3. The summed E-state index contributed by atoms with van der Waals surface area (Å²) in [6, 6.07) is 7.49. The number of aliphatic hydroxyl groups excluding tert-OH is 1. The van der Waals surface area contributed by atoms with Gasteiger partial charge in [-0.3, -0.25) is 4.79 Å². The Labute approximate surface area is 114 Å². The van der Waals surface area contributed by atoms with E-state index in [0.29, 0.717) is 5.75 Å². The standard InChI is InChI=1S/C15H23NO3/c1-10-5-7-14(8-6-10)19-13(4)15(18)16-12(3)11(2)9-17/h5-8,11-13,17H,9H2,1-4H3,(H,16,18).